The number of piperidine rings is 1. The van der Waals surface area contributed by atoms with Crippen molar-refractivity contribution in [2.24, 2.45) is 0 Å². The molecule has 4 rings (SSSR count). The molecular weight excluding hydrogens is 468 g/mol. The van der Waals surface area contributed by atoms with Gasteiger partial charge in [0.1, 0.15) is 5.75 Å². The van der Waals surface area contributed by atoms with Crippen LogP contribution in [0.4, 0.5) is 0 Å². The molecule has 1 unspecified atom stereocenters. The maximum Gasteiger partial charge on any atom is 0.290 e. The van der Waals surface area contributed by atoms with E-state index in [1.165, 1.54) is 5.56 Å². The molecule has 1 aromatic carbocycles. The van der Waals surface area contributed by atoms with Gasteiger partial charge < -0.3 is 29.5 Å². The van der Waals surface area contributed by atoms with Gasteiger partial charge >= 0.3 is 0 Å². The highest BCUT2D eigenvalue weighted by Gasteiger charge is 2.44. The number of hydrogen-bond donors (Lipinski definition) is 3. The Morgan fingerprint density at radius 2 is 1.56 bits per heavy atom. The highest BCUT2D eigenvalue weighted by atomic mass is 16.5. The van der Waals surface area contributed by atoms with Crippen molar-refractivity contribution in [2.45, 2.75) is 56.8 Å². The maximum absolute atomic E-state index is 10.4. The third-order valence-electron chi connectivity index (χ3n) is 6.84. The molecular formula is C26H42N2O8. The minimum absolute atomic E-state index is 0.114. The van der Waals surface area contributed by atoms with Crippen molar-refractivity contribution in [3.05, 3.63) is 29.8 Å². The van der Waals surface area contributed by atoms with Gasteiger partial charge in [0.15, 0.2) is 0 Å². The molecule has 3 fully saturated rings. The molecule has 0 aliphatic carbocycles. The van der Waals surface area contributed by atoms with Gasteiger partial charge in [-0.1, -0.05) is 12.1 Å². The second-order valence-corrected chi connectivity index (χ2v) is 9.74. The zero-order chi connectivity index (χ0) is 26.3. The van der Waals surface area contributed by atoms with Crippen LogP contribution in [-0.4, -0.2) is 108 Å². The zero-order valence-corrected chi connectivity index (χ0v) is 21.3. The van der Waals surface area contributed by atoms with Crippen LogP contribution < -0.4 is 4.74 Å². The van der Waals surface area contributed by atoms with Gasteiger partial charge in [-0.3, -0.25) is 19.4 Å². The summed E-state index contributed by atoms with van der Waals surface area (Å²) in [5, 5.41) is 24.2. The van der Waals surface area contributed by atoms with Crippen molar-refractivity contribution in [3.8, 4) is 5.75 Å². The fourth-order valence-electron chi connectivity index (χ4n) is 5.01. The van der Waals surface area contributed by atoms with E-state index in [9.17, 15) is 5.11 Å². The van der Waals surface area contributed by atoms with E-state index in [2.05, 4.69) is 34.1 Å². The average Bonchev–Trinajstić information content (AvgIpc) is 2.85. The lowest BCUT2D eigenvalue weighted by atomic mass is 9.78. The first-order valence-corrected chi connectivity index (χ1v) is 12.6. The van der Waals surface area contributed by atoms with E-state index in [4.69, 9.17) is 34.0 Å². The number of aliphatic hydroxyl groups is 1. The number of benzene rings is 1. The van der Waals surface area contributed by atoms with Gasteiger partial charge in [0, 0.05) is 45.7 Å². The van der Waals surface area contributed by atoms with Crippen LogP contribution in [0.25, 0.3) is 0 Å². The van der Waals surface area contributed by atoms with Gasteiger partial charge in [-0.05, 0) is 50.3 Å². The Labute approximate surface area is 213 Å². The van der Waals surface area contributed by atoms with Crippen molar-refractivity contribution < 1.29 is 39.1 Å². The average molecular weight is 511 g/mol. The number of nitrogens with zero attached hydrogens (tertiary/aromatic N) is 2. The lowest BCUT2D eigenvalue weighted by Crippen LogP contribution is -2.53. The van der Waals surface area contributed by atoms with Crippen LogP contribution in [0.5, 0.6) is 5.75 Å². The summed E-state index contributed by atoms with van der Waals surface area (Å²) < 4.78 is 17.4. The van der Waals surface area contributed by atoms with Gasteiger partial charge in [0.2, 0.25) is 0 Å². The second-order valence-electron chi connectivity index (χ2n) is 9.74. The molecule has 10 nitrogen and oxygen atoms in total. The number of morpholine rings is 1. The van der Waals surface area contributed by atoms with Crippen LogP contribution in [0.1, 0.15) is 44.6 Å². The Balaban J connectivity index is 0.000000693. The topological polar surface area (TPSA) is 129 Å². The minimum atomic E-state index is -0.571. The molecule has 0 radical (unpaired) electrons. The van der Waals surface area contributed by atoms with Gasteiger partial charge in [-0.15, -0.1) is 0 Å². The van der Waals surface area contributed by atoms with E-state index in [-0.39, 0.29) is 18.5 Å². The molecule has 0 aromatic heterocycles. The Bertz CT molecular complexity index is 739. The number of hydrogen-bond acceptors (Lipinski definition) is 8. The summed E-state index contributed by atoms with van der Waals surface area (Å²) in [5.74, 6) is 0.955. The molecule has 1 atom stereocenters. The Kier molecular flexibility index (Phi) is 13.1. The zero-order valence-electron chi connectivity index (χ0n) is 21.3. The highest BCUT2D eigenvalue weighted by Crippen LogP contribution is 2.39. The van der Waals surface area contributed by atoms with Crippen LogP contribution in [-0.2, 0) is 25.6 Å². The van der Waals surface area contributed by atoms with Crippen LogP contribution in [0, 0.1) is 0 Å². The van der Waals surface area contributed by atoms with Crippen LogP contribution in [0.2, 0.25) is 0 Å². The van der Waals surface area contributed by atoms with E-state index >= 15 is 0 Å². The number of ether oxygens (including phenoxy) is 3. The first kappa shape index (κ1) is 30.0. The summed E-state index contributed by atoms with van der Waals surface area (Å²) in [6.07, 6.45) is 4.58. The molecule has 3 heterocycles. The predicted molar refractivity (Wildman–Crippen MR) is 134 cm³/mol. The van der Waals surface area contributed by atoms with Gasteiger partial charge in [-0.25, -0.2) is 0 Å². The van der Waals surface area contributed by atoms with Gasteiger partial charge in [-0.2, -0.15) is 0 Å². The van der Waals surface area contributed by atoms with E-state index in [0.29, 0.717) is 6.61 Å². The molecule has 1 spiro atoms. The molecule has 0 amide bonds. The predicted octanol–water partition coefficient (Wildman–Crippen LogP) is 2.09. The molecule has 3 N–H and O–H groups in total. The summed E-state index contributed by atoms with van der Waals surface area (Å²) in [5.41, 5.74) is 0.637. The lowest BCUT2D eigenvalue weighted by molar-refractivity contribution is -0.173. The van der Waals surface area contributed by atoms with E-state index in [0.717, 1.165) is 96.9 Å². The standard InChI is InChI=1S/C24H38N2O4.2CH2O2/c1-23(27)9-16-30-24(20-23)7-11-26(12-8-24)19-21-3-5-22(6-4-21)29-15-2-10-25-13-17-28-18-14-25;2*2-1-3/h3-6,27H,2,7-20H2,1H3;2*1H,(H,2,3). The molecule has 1 aromatic rings. The summed E-state index contributed by atoms with van der Waals surface area (Å²) in [6.45, 7) is 10.8. The minimum Gasteiger partial charge on any atom is -0.494 e. The Morgan fingerprint density at radius 1 is 0.944 bits per heavy atom. The van der Waals surface area contributed by atoms with Crippen LogP contribution in [0.3, 0.4) is 0 Å². The van der Waals surface area contributed by atoms with E-state index in [1.807, 2.05) is 6.92 Å². The molecule has 10 heteroatoms. The quantitative estimate of drug-likeness (QED) is 0.370. The van der Waals surface area contributed by atoms with Crippen molar-refractivity contribution in [1.82, 2.24) is 9.80 Å². The third-order valence-corrected chi connectivity index (χ3v) is 6.84. The molecule has 3 aliphatic heterocycles. The second kappa shape index (κ2) is 15.8. The molecule has 3 saturated heterocycles. The van der Waals surface area contributed by atoms with Crippen molar-refractivity contribution in [3.63, 3.8) is 0 Å². The molecule has 36 heavy (non-hydrogen) atoms. The Morgan fingerprint density at radius 3 is 2.14 bits per heavy atom. The normalized spacial score (nSPS) is 23.9. The monoisotopic (exact) mass is 510 g/mol. The van der Waals surface area contributed by atoms with Crippen LogP contribution in [0.15, 0.2) is 24.3 Å². The fourth-order valence-corrected chi connectivity index (χ4v) is 5.01. The van der Waals surface area contributed by atoms with E-state index < -0.39 is 5.60 Å². The van der Waals surface area contributed by atoms with Crippen LogP contribution >= 0.6 is 0 Å². The summed E-state index contributed by atoms with van der Waals surface area (Å²) in [7, 11) is 0. The molecule has 0 bridgehead atoms. The first-order chi connectivity index (χ1) is 17.3. The SMILES string of the molecule is CC1(O)CCOC2(CCN(Cc3ccc(OCCCN4CCOCC4)cc3)CC2)C1.O=CO.O=CO. The largest absolute Gasteiger partial charge is 0.494 e. The van der Waals surface area contributed by atoms with E-state index in [1.54, 1.807) is 0 Å². The number of likely N-dealkylation sites (tertiary alicyclic amines) is 1. The van der Waals surface area contributed by atoms with Gasteiger partial charge in [0.05, 0.1) is 37.6 Å². The lowest BCUT2D eigenvalue weighted by Gasteiger charge is -2.48. The molecule has 3 aliphatic rings. The van der Waals surface area contributed by atoms with Crippen molar-refractivity contribution >= 4 is 12.9 Å². The summed E-state index contributed by atoms with van der Waals surface area (Å²) >= 11 is 0. The maximum atomic E-state index is 10.4. The fraction of sp³-hybridized carbons (Fsp3) is 0.692. The van der Waals surface area contributed by atoms with Gasteiger partial charge in [0.25, 0.3) is 12.9 Å². The van der Waals surface area contributed by atoms with Crippen molar-refractivity contribution in [2.75, 3.05) is 59.2 Å². The number of carboxylic acid groups (broad SMARTS) is 2. The highest BCUT2D eigenvalue weighted by molar-refractivity contribution is 5.33. The van der Waals surface area contributed by atoms with Crippen molar-refractivity contribution in [1.29, 1.82) is 0 Å². The summed E-state index contributed by atoms with van der Waals surface area (Å²) in [4.78, 5) is 21.7. The number of rotatable bonds is 7. The summed E-state index contributed by atoms with van der Waals surface area (Å²) in [6, 6.07) is 8.56. The first-order valence-electron chi connectivity index (χ1n) is 12.6. The molecule has 204 valence electrons. The Hall–Kier alpha value is -2.24. The molecule has 0 saturated carbocycles. The smallest absolute Gasteiger partial charge is 0.290 e. The number of carbonyl (C=O) groups is 2. The third kappa shape index (κ3) is 10.8.